The Morgan fingerprint density at radius 1 is 1.00 bits per heavy atom. The standard InChI is InChI=1S/C19H17F3N4O/c1-26(14-8-10-15(27-2)11-9-14)18-23-12-16(19(20,21)22)17(25-18)24-13-6-4-3-5-7-13/h3-12H,1-2H3,(H,23,24,25). The summed E-state index contributed by atoms with van der Waals surface area (Å²) in [5.74, 6) is 0.498. The first-order chi connectivity index (χ1) is 12.9. The third-order valence-electron chi connectivity index (χ3n) is 3.88. The van der Waals surface area contributed by atoms with E-state index in [1.165, 1.54) is 0 Å². The zero-order valence-corrected chi connectivity index (χ0v) is 14.7. The lowest BCUT2D eigenvalue weighted by Crippen LogP contribution is -2.17. The third-order valence-corrected chi connectivity index (χ3v) is 3.88. The zero-order valence-electron chi connectivity index (χ0n) is 14.7. The average molecular weight is 374 g/mol. The van der Waals surface area contributed by atoms with E-state index < -0.39 is 11.7 Å². The van der Waals surface area contributed by atoms with Gasteiger partial charge in [-0.3, -0.25) is 0 Å². The van der Waals surface area contributed by atoms with E-state index in [9.17, 15) is 13.2 Å². The third kappa shape index (κ3) is 4.28. The summed E-state index contributed by atoms with van der Waals surface area (Å²) in [5, 5.41) is 2.73. The molecule has 1 aromatic heterocycles. The molecule has 1 N–H and O–H groups in total. The number of ether oxygens (including phenoxy) is 1. The number of rotatable bonds is 5. The van der Waals surface area contributed by atoms with Crippen LogP contribution in [0.4, 0.5) is 36.3 Å². The van der Waals surface area contributed by atoms with Crippen LogP contribution in [0.3, 0.4) is 0 Å². The number of nitrogens with one attached hydrogen (secondary N) is 1. The highest BCUT2D eigenvalue weighted by atomic mass is 19.4. The highest BCUT2D eigenvalue weighted by Gasteiger charge is 2.35. The smallest absolute Gasteiger partial charge is 0.421 e. The van der Waals surface area contributed by atoms with Gasteiger partial charge in [0, 0.05) is 24.6 Å². The summed E-state index contributed by atoms with van der Waals surface area (Å²) in [5.41, 5.74) is 0.277. The normalized spacial score (nSPS) is 11.1. The van der Waals surface area contributed by atoms with Crippen LogP contribution in [0.2, 0.25) is 0 Å². The lowest BCUT2D eigenvalue weighted by molar-refractivity contribution is -0.137. The summed E-state index contributed by atoms with van der Waals surface area (Å²) >= 11 is 0. The van der Waals surface area contributed by atoms with Gasteiger partial charge in [0.05, 0.1) is 7.11 Å². The predicted octanol–water partition coefficient (Wildman–Crippen LogP) is 5.02. The number of benzene rings is 2. The summed E-state index contributed by atoms with van der Waals surface area (Å²) in [7, 11) is 3.23. The minimum atomic E-state index is -4.58. The molecule has 0 saturated heterocycles. The van der Waals surface area contributed by atoms with Crippen molar-refractivity contribution < 1.29 is 17.9 Å². The van der Waals surface area contributed by atoms with Crippen LogP contribution in [0.1, 0.15) is 5.56 Å². The molecule has 0 fully saturated rings. The number of methoxy groups -OCH3 is 1. The molecule has 0 spiro atoms. The minimum absolute atomic E-state index is 0.131. The van der Waals surface area contributed by atoms with Crippen molar-refractivity contribution in [3.05, 3.63) is 66.4 Å². The molecule has 0 atom stereocenters. The van der Waals surface area contributed by atoms with Crippen molar-refractivity contribution in [2.45, 2.75) is 6.18 Å². The number of alkyl halides is 3. The van der Waals surface area contributed by atoms with E-state index in [-0.39, 0.29) is 11.8 Å². The Bertz CT molecular complexity index is 899. The number of hydrogen-bond donors (Lipinski definition) is 1. The van der Waals surface area contributed by atoms with Gasteiger partial charge in [-0.1, -0.05) is 18.2 Å². The van der Waals surface area contributed by atoms with Crippen LogP contribution in [0.5, 0.6) is 5.75 Å². The number of hydrogen-bond acceptors (Lipinski definition) is 5. The second-order valence-electron chi connectivity index (χ2n) is 5.68. The van der Waals surface area contributed by atoms with Gasteiger partial charge in [0.2, 0.25) is 5.95 Å². The molecule has 0 aliphatic carbocycles. The Morgan fingerprint density at radius 2 is 1.67 bits per heavy atom. The summed E-state index contributed by atoms with van der Waals surface area (Å²) < 4.78 is 45.1. The Hall–Kier alpha value is -3.29. The van der Waals surface area contributed by atoms with Gasteiger partial charge >= 0.3 is 6.18 Å². The number of halogens is 3. The van der Waals surface area contributed by atoms with Crippen LogP contribution in [0.25, 0.3) is 0 Å². The summed E-state index contributed by atoms with van der Waals surface area (Å²) in [4.78, 5) is 9.59. The van der Waals surface area contributed by atoms with Crippen molar-refractivity contribution in [3.63, 3.8) is 0 Å². The SMILES string of the molecule is COc1ccc(N(C)c2ncc(C(F)(F)F)c(Nc3ccccc3)n2)cc1. The minimum Gasteiger partial charge on any atom is -0.497 e. The molecule has 0 radical (unpaired) electrons. The molecular formula is C19H17F3N4O. The van der Waals surface area contributed by atoms with Crippen molar-refractivity contribution in [2.75, 3.05) is 24.4 Å². The number of para-hydroxylation sites is 1. The van der Waals surface area contributed by atoms with E-state index >= 15 is 0 Å². The van der Waals surface area contributed by atoms with Gasteiger partial charge in [0.25, 0.3) is 0 Å². The average Bonchev–Trinajstić information content (AvgIpc) is 2.67. The molecule has 140 valence electrons. The molecule has 1 heterocycles. The Morgan fingerprint density at radius 3 is 2.26 bits per heavy atom. The van der Waals surface area contributed by atoms with Crippen LogP contribution in [-0.2, 0) is 6.18 Å². The molecule has 0 bridgehead atoms. The van der Waals surface area contributed by atoms with Gasteiger partial charge in [0.15, 0.2) is 0 Å². The number of nitrogens with zero attached hydrogens (tertiary/aromatic N) is 3. The number of anilines is 4. The molecular weight excluding hydrogens is 357 g/mol. The quantitative estimate of drug-likeness (QED) is 0.680. The van der Waals surface area contributed by atoms with Crippen molar-refractivity contribution in [2.24, 2.45) is 0 Å². The Kier molecular flexibility index (Phi) is 5.16. The summed E-state index contributed by atoms with van der Waals surface area (Å²) in [6.07, 6.45) is -3.79. The van der Waals surface area contributed by atoms with E-state index in [1.807, 2.05) is 0 Å². The molecule has 8 heteroatoms. The van der Waals surface area contributed by atoms with Crippen LogP contribution in [-0.4, -0.2) is 24.1 Å². The fraction of sp³-hybridized carbons (Fsp3) is 0.158. The van der Waals surface area contributed by atoms with Gasteiger partial charge in [0.1, 0.15) is 17.1 Å². The lowest BCUT2D eigenvalue weighted by atomic mass is 10.2. The summed E-state index contributed by atoms with van der Waals surface area (Å²) in [6.45, 7) is 0. The van der Waals surface area contributed by atoms with Crippen LogP contribution < -0.4 is 15.0 Å². The van der Waals surface area contributed by atoms with Crippen molar-refractivity contribution in [1.82, 2.24) is 9.97 Å². The lowest BCUT2D eigenvalue weighted by Gasteiger charge is -2.20. The van der Waals surface area contributed by atoms with Gasteiger partial charge in [-0.25, -0.2) is 4.98 Å². The van der Waals surface area contributed by atoms with Gasteiger partial charge in [-0.2, -0.15) is 18.2 Å². The van der Waals surface area contributed by atoms with Crippen LogP contribution >= 0.6 is 0 Å². The maximum Gasteiger partial charge on any atom is 0.421 e. The maximum absolute atomic E-state index is 13.3. The van der Waals surface area contributed by atoms with Crippen LogP contribution in [0, 0.1) is 0 Å². The highest BCUT2D eigenvalue weighted by molar-refractivity contribution is 5.64. The second-order valence-corrected chi connectivity index (χ2v) is 5.68. The zero-order chi connectivity index (χ0) is 19.4. The predicted molar refractivity (Wildman–Crippen MR) is 97.8 cm³/mol. The largest absolute Gasteiger partial charge is 0.497 e. The van der Waals surface area contributed by atoms with E-state index in [2.05, 4.69) is 15.3 Å². The van der Waals surface area contributed by atoms with Crippen molar-refractivity contribution in [1.29, 1.82) is 0 Å². The van der Waals surface area contributed by atoms with E-state index in [1.54, 1.807) is 73.7 Å². The fourth-order valence-corrected chi connectivity index (χ4v) is 2.42. The molecule has 0 aliphatic rings. The first-order valence-electron chi connectivity index (χ1n) is 8.02. The van der Waals surface area contributed by atoms with Crippen LogP contribution in [0.15, 0.2) is 60.8 Å². The van der Waals surface area contributed by atoms with E-state index in [0.717, 1.165) is 6.20 Å². The Labute approximate surface area is 154 Å². The van der Waals surface area contributed by atoms with E-state index in [4.69, 9.17) is 4.74 Å². The Balaban J connectivity index is 1.97. The molecule has 3 rings (SSSR count). The molecule has 5 nitrogen and oxygen atoms in total. The fourth-order valence-electron chi connectivity index (χ4n) is 2.42. The van der Waals surface area contributed by atoms with E-state index in [0.29, 0.717) is 17.1 Å². The molecule has 0 aliphatic heterocycles. The molecule has 3 aromatic rings. The topological polar surface area (TPSA) is 50.3 Å². The molecule has 0 saturated carbocycles. The number of aromatic nitrogens is 2. The van der Waals surface area contributed by atoms with Crippen molar-refractivity contribution in [3.8, 4) is 5.75 Å². The molecule has 27 heavy (non-hydrogen) atoms. The molecule has 0 unspecified atom stereocenters. The maximum atomic E-state index is 13.3. The highest BCUT2D eigenvalue weighted by Crippen LogP contribution is 2.36. The monoisotopic (exact) mass is 374 g/mol. The van der Waals surface area contributed by atoms with Crippen molar-refractivity contribution >= 4 is 23.1 Å². The van der Waals surface area contributed by atoms with Gasteiger partial charge in [-0.15, -0.1) is 0 Å². The molecule has 2 aromatic carbocycles. The first kappa shape index (κ1) is 18.5. The molecule has 0 amide bonds. The second kappa shape index (κ2) is 7.53. The summed E-state index contributed by atoms with van der Waals surface area (Å²) in [6, 6.07) is 15.6. The first-order valence-corrected chi connectivity index (χ1v) is 8.02. The van der Waals surface area contributed by atoms with Gasteiger partial charge in [-0.05, 0) is 36.4 Å². The van der Waals surface area contributed by atoms with Gasteiger partial charge < -0.3 is 15.0 Å².